The number of carbonyl (C=O) groups is 1. The fourth-order valence-corrected chi connectivity index (χ4v) is 3.02. The molecule has 1 N–H and O–H groups in total. The predicted molar refractivity (Wildman–Crippen MR) is 82.4 cm³/mol. The zero-order valence-corrected chi connectivity index (χ0v) is 12.5. The molecule has 4 nitrogen and oxygen atoms in total. The molecule has 0 aliphatic carbocycles. The van der Waals surface area contributed by atoms with E-state index in [1.54, 1.807) is 18.5 Å². The van der Waals surface area contributed by atoms with E-state index in [1.807, 2.05) is 17.2 Å². The minimum absolute atomic E-state index is 0.0433. The summed E-state index contributed by atoms with van der Waals surface area (Å²) >= 11 is 5.85. The monoisotopic (exact) mass is 303 g/mol. The molecule has 1 saturated heterocycles. The Kier molecular flexibility index (Phi) is 4.25. The van der Waals surface area contributed by atoms with Crippen molar-refractivity contribution in [2.75, 3.05) is 13.1 Å². The molecular formula is C16H18ClN3O. The lowest BCUT2D eigenvalue weighted by Gasteiger charge is -2.31. The normalized spacial score (nSPS) is 16.1. The topological polar surface area (TPSA) is 49.0 Å². The molecule has 5 heteroatoms. The number of hydrogen-bond acceptors (Lipinski definition) is 2. The number of nitrogens with one attached hydrogen (secondary N) is 1. The van der Waals surface area contributed by atoms with E-state index in [-0.39, 0.29) is 5.91 Å². The van der Waals surface area contributed by atoms with Gasteiger partial charge in [-0.05, 0) is 42.9 Å². The fraction of sp³-hybridized carbons (Fsp3) is 0.375. The highest BCUT2D eigenvalue weighted by Crippen LogP contribution is 2.23. The van der Waals surface area contributed by atoms with E-state index in [1.165, 1.54) is 5.56 Å². The lowest BCUT2D eigenvalue weighted by molar-refractivity contribution is 0.0685. The average molecular weight is 304 g/mol. The van der Waals surface area contributed by atoms with Gasteiger partial charge in [0.2, 0.25) is 0 Å². The Bertz CT molecular complexity index is 603. The van der Waals surface area contributed by atoms with Crippen molar-refractivity contribution in [2.24, 2.45) is 5.92 Å². The van der Waals surface area contributed by atoms with Crippen molar-refractivity contribution in [3.63, 3.8) is 0 Å². The first-order valence-corrected chi connectivity index (χ1v) is 7.62. The van der Waals surface area contributed by atoms with E-state index in [0.717, 1.165) is 32.4 Å². The van der Waals surface area contributed by atoms with Crippen LogP contribution >= 0.6 is 11.6 Å². The van der Waals surface area contributed by atoms with Crippen LogP contribution in [0, 0.1) is 5.92 Å². The van der Waals surface area contributed by atoms with Crippen LogP contribution in [0.4, 0.5) is 0 Å². The molecule has 0 atom stereocenters. The van der Waals surface area contributed by atoms with Gasteiger partial charge in [-0.2, -0.15) is 0 Å². The molecule has 1 aliphatic heterocycles. The molecule has 0 aromatic carbocycles. The summed E-state index contributed by atoms with van der Waals surface area (Å²) in [5.41, 5.74) is 1.85. The number of hydrogen-bond donors (Lipinski definition) is 1. The van der Waals surface area contributed by atoms with Crippen molar-refractivity contribution in [1.82, 2.24) is 14.9 Å². The quantitative estimate of drug-likeness (QED) is 0.947. The van der Waals surface area contributed by atoms with Crippen molar-refractivity contribution in [3.8, 4) is 0 Å². The summed E-state index contributed by atoms with van der Waals surface area (Å²) in [4.78, 5) is 21.3. The first-order valence-electron chi connectivity index (χ1n) is 7.24. The van der Waals surface area contributed by atoms with Crippen LogP contribution in [0.15, 0.2) is 36.8 Å². The van der Waals surface area contributed by atoms with Crippen molar-refractivity contribution in [2.45, 2.75) is 19.3 Å². The van der Waals surface area contributed by atoms with Gasteiger partial charge >= 0.3 is 0 Å². The average Bonchev–Trinajstić information content (AvgIpc) is 2.95. The largest absolute Gasteiger partial charge is 0.356 e. The Labute approximate surface area is 129 Å². The van der Waals surface area contributed by atoms with Gasteiger partial charge in [-0.15, -0.1) is 0 Å². The summed E-state index contributed by atoms with van der Waals surface area (Å²) in [6.07, 6.45) is 8.49. The van der Waals surface area contributed by atoms with Crippen LogP contribution in [0.25, 0.3) is 0 Å². The third kappa shape index (κ3) is 3.45. The van der Waals surface area contributed by atoms with Crippen LogP contribution in [0.1, 0.15) is 28.9 Å². The Morgan fingerprint density at radius 1 is 1.43 bits per heavy atom. The van der Waals surface area contributed by atoms with Crippen molar-refractivity contribution in [3.05, 3.63) is 53.1 Å². The van der Waals surface area contributed by atoms with Gasteiger partial charge < -0.3 is 9.88 Å². The molecule has 0 spiro atoms. The molecule has 1 fully saturated rings. The second-order valence-corrected chi connectivity index (χ2v) is 5.97. The number of halogens is 1. The summed E-state index contributed by atoms with van der Waals surface area (Å²) in [5.74, 6) is 0.673. The number of carbonyl (C=O) groups excluding carboxylic acids is 1. The molecule has 21 heavy (non-hydrogen) atoms. The molecule has 110 valence electrons. The maximum atomic E-state index is 12.3. The van der Waals surface area contributed by atoms with Gasteiger partial charge in [0.15, 0.2) is 0 Å². The molecule has 0 radical (unpaired) electrons. The highest BCUT2D eigenvalue weighted by molar-refractivity contribution is 6.30. The number of aromatic amines is 1. The molecule has 1 aliphatic rings. The van der Waals surface area contributed by atoms with E-state index in [2.05, 4.69) is 16.0 Å². The molecule has 1 amide bonds. The van der Waals surface area contributed by atoms with Crippen LogP contribution in [-0.2, 0) is 6.42 Å². The van der Waals surface area contributed by atoms with E-state index in [0.29, 0.717) is 16.6 Å². The summed E-state index contributed by atoms with van der Waals surface area (Å²) in [5, 5.41) is 0.574. The second-order valence-electron chi connectivity index (χ2n) is 5.53. The molecule has 0 bridgehead atoms. The molecule has 2 aromatic heterocycles. The summed E-state index contributed by atoms with van der Waals surface area (Å²) in [6, 6.07) is 5.78. The minimum Gasteiger partial charge on any atom is -0.356 e. The van der Waals surface area contributed by atoms with Gasteiger partial charge in [-0.1, -0.05) is 17.7 Å². The Morgan fingerprint density at radius 2 is 2.24 bits per heavy atom. The standard InChI is InChI=1S/C16H18ClN3O/c17-14-9-15(19-11-14)16(21)20-6-3-12(4-7-20)8-13-2-1-5-18-10-13/h1-2,5,9-12,19H,3-4,6-8H2. The van der Waals surface area contributed by atoms with Crippen LogP contribution in [-0.4, -0.2) is 33.9 Å². The van der Waals surface area contributed by atoms with Crippen molar-refractivity contribution in [1.29, 1.82) is 0 Å². The number of amides is 1. The summed E-state index contributed by atoms with van der Waals surface area (Å²) in [7, 11) is 0. The number of rotatable bonds is 3. The van der Waals surface area contributed by atoms with Crippen molar-refractivity contribution >= 4 is 17.5 Å². The number of H-pyrrole nitrogens is 1. The third-order valence-corrected chi connectivity index (χ3v) is 4.25. The van der Waals surface area contributed by atoms with E-state index >= 15 is 0 Å². The van der Waals surface area contributed by atoms with Crippen molar-refractivity contribution < 1.29 is 4.79 Å². The zero-order chi connectivity index (χ0) is 14.7. The minimum atomic E-state index is 0.0433. The van der Waals surface area contributed by atoms with Crippen LogP contribution in [0.5, 0.6) is 0 Å². The van der Waals surface area contributed by atoms with Crippen LogP contribution in [0.3, 0.4) is 0 Å². The third-order valence-electron chi connectivity index (χ3n) is 4.03. The number of piperidine rings is 1. The zero-order valence-electron chi connectivity index (χ0n) is 11.8. The maximum absolute atomic E-state index is 12.3. The summed E-state index contributed by atoms with van der Waals surface area (Å²) < 4.78 is 0. The van der Waals surface area contributed by atoms with Gasteiger partial charge in [0, 0.05) is 31.7 Å². The summed E-state index contributed by atoms with van der Waals surface area (Å²) in [6.45, 7) is 1.61. The van der Waals surface area contributed by atoms with Gasteiger partial charge in [-0.3, -0.25) is 9.78 Å². The molecule has 2 aromatic rings. The predicted octanol–water partition coefficient (Wildman–Crippen LogP) is 3.16. The molecule has 3 rings (SSSR count). The smallest absolute Gasteiger partial charge is 0.270 e. The first kappa shape index (κ1) is 14.1. The van der Waals surface area contributed by atoms with E-state index < -0.39 is 0 Å². The van der Waals surface area contributed by atoms with Gasteiger partial charge in [0.25, 0.3) is 5.91 Å². The highest BCUT2D eigenvalue weighted by atomic mass is 35.5. The Morgan fingerprint density at radius 3 is 2.86 bits per heavy atom. The molecule has 0 unspecified atom stereocenters. The number of aromatic nitrogens is 2. The lowest BCUT2D eigenvalue weighted by Crippen LogP contribution is -2.39. The molecule has 3 heterocycles. The fourth-order valence-electron chi connectivity index (χ4n) is 2.85. The lowest BCUT2D eigenvalue weighted by atomic mass is 9.90. The Hall–Kier alpha value is -1.81. The SMILES string of the molecule is O=C(c1cc(Cl)c[nH]1)N1CCC(Cc2cccnc2)CC1. The van der Waals surface area contributed by atoms with Gasteiger partial charge in [0.1, 0.15) is 5.69 Å². The van der Waals surface area contributed by atoms with Gasteiger partial charge in [-0.25, -0.2) is 0 Å². The number of pyridine rings is 1. The number of likely N-dealkylation sites (tertiary alicyclic amines) is 1. The molecule has 0 saturated carbocycles. The second kappa shape index (κ2) is 6.31. The van der Waals surface area contributed by atoms with Gasteiger partial charge in [0.05, 0.1) is 5.02 Å². The maximum Gasteiger partial charge on any atom is 0.270 e. The van der Waals surface area contributed by atoms with E-state index in [4.69, 9.17) is 11.6 Å². The first-order chi connectivity index (χ1) is 10.2. The Balaban J connectivity index is 1.54. The van der Waals surface area contributed by atoms with Crippen LogP contribution < -0.4 is 0 Å². The van der Waals surface area contributed by atoms with Crippen LogP contribution in [0.2, 0.25) is 5.02 Å². The number of nitrogens with zero attached hydrogens (tertiary/aromatic N) is 2. The van der Waals surface area contributed by atoms with E-state index in [9.17, 15) is 4.79 Å². The molecular weight excluding hydrogens is 286 g/mol. The highest BCUT2D eigenvalue weighted by Gasteiger charge is 2.24.